The lowest BCUT2D eigenvalue weighted by Crippen LogP contribution is -2.60. The van der Waals surface area contributed by atoms with Gasteiger partial charge in [-0.15, -0.1) is 0 Å². The molecule has 1 N–H and O–H groups in total. The molecule has 0 spiro atoms. The summed E-state index contributed by atoms with van der Waals surface area (Å²) in [6, 6.07) is 2.98. The molecule has 158 valence electrons. The van der Waals surface area contributed by atoms with Gasteiger partial charge >= 0.3 is 5.97 Å². The van der Waals surface area contributed by atoms with Crippen LogP contribution in [0.25, 0.3) is 0 Å². The van der Waals surface area contributed by atoms with Crippen molar-refractivity contribution < 1.29 is 23.8 Å². The predicted octanol–water partition coefficient (Wildman–Crippen LogP) is 3.99. The number of amides is 1. The molecule has 1 aromatic carbocycles. The number of esters is 1. The second-order valence-corrected chi connectivity index (χ2v) is 9.15. The molecule has 0 heterocycles. The van der Waals surface area contributed by atoms with Crippen LogP contribution in [0.2, 0.25) is 5.02 Å². The van der Waals surface area contributed by atoms with E-state index in [0.717, 1.165) is 37.0 Å². The van der Waals surface area contributed by atoms with E-state index in [4.69, 9.17) is 25.8 Å². The zero-order valence-electron chi connectivity index (χ0n) is 17.0. The molecule has 4 aliphatic rings. The van der Waals surface area contributed by atoms with Crippen LogP contribution in [0.5, 0.6) is 11.5 Å². The zero-order valence-corrected chi connectivity index (χ0v) is 17.7. The average Bonchev–Trinajstić information content (AvgIpc) is 2.66. The molecule has 7 heteroatoms. The quantitative estimate of drug-likeness (QED) is 0.674. The summed E-state index contributed by atoms with van der Waals surface area (Å²) in [5.74, 6) is 2.10. The molecule has 4 aliphatic carbocycles. The molecule has 29 heavy (non-hydrogen) atoms. The van der Waals surface area contributed by atoms with Crippen molar-refractivity contribution in [2.45, 2.75) is 51.0 Å². The highest BCUT2D eigenvalue weighted by Crippen LogP contribution is 2.55. The van der Waals surface area contributed by atoms with Gasteiger partial charge in [0, 0.05) is 5.54 Å². The van der Waals surface area contributed by atoms with Crippen molar-refractivity contribution >= 4 is 23.5 Å². The van der Waals surface area contributed by atoms with Crippen molar-refractivity contribution in [2.75, 3.05) is 20.3 Å². The van der Waals surface area contributed by atoms with E-state index in [9.17, 15) is 9.59 Å². The third-order valence-electron chi connectivity index (χ3n) is 6.53. The van der Waals surface area contributed by atoms with Gasteiger partial charge in [-0.3, -0.25) is 4.79 Å². The van der Waals surface area contributed by atoms with Gasteiger partial charge in [0.25, 0.3) is 5.91 Å². The third-order valence-corrected chi connectivity index (χ3v) is 6.81. The summed E-state index contributed by atoms with van der Waals surface area (Å²) in [7, 11) is 1.47. The first kappa shape index (κ1) is 20.3. The van der Waals surface area contributed by atoms with Crippen LogP contribution in [-0.2, 0) is 9.53 Å². The number of ether oxygens (including phenoxy) is 3. The van der Waals surface area contributed by atoms with Crippen molar-refractivity contribution in [1.82, 2.24) is 5.32 Å². The van der Waals surface area contributed by atoms with Crippen LogP contribution in [0.3, 0.4) is 0 Å². The van der Waals surface area contributed by atoms with Crippen LogP contribution >= 0.6 is 11.6 Å². The molecule has 4 saturated carbocycles. The third kappa shape index (κ3) is 4.18. The number of carbonyl (C=O) groups is 2. The minimum absolute atomic E-state index is 0.0933. The Morgan fingerprint density at radius 3 is 2.31 bits per heavy atom. The van der Waals surface area contributed by atoms with Crippen molar-refractivity contribution in [3.63, 3.8) is 0 Å². The van der Waals surface area contributed by atoms with Crippen molar-refractivity contribution in [1.29, 1.82) is 0 Å². The first-order valence-electron chi connectivity index (χ1n) is 10.4. The molecular weight excluding hydrogens is 394 g/mol. The van der Waals surface area contributed by atoms with E-state index in [1.807, 2.05) is 6.92 Å². The first-order chi connectivity index (χ1) is 13.9. The lowest BCUT2D eigenvalue weighted by molar-refractivity contribution is -0.130. The maximum absolute atomic E-state index is 12.5. The van der Waals surface area contributed by atoms with E-state index < -0.39 is 5.97 Å². The Balaban J connectivity index is 1.36. The smallest absolute Gasteiger partial charge is 0.338 e. The monoisotopic (exact) mass is 421 g/mol. The molecule has 1 aromatic rings. The standard InChI is InChI=1S/C22H28ClNO5/c1-3-28-20-17(23)7-16(8-18(20)27-2)21(26)29-12-19(25)24-22-9-13-4-14(10-22)6-15(5-13)11-22/h7-8,13-15H,3-6,9-12H2,1-2H3,(H,24,25). The number of hydrogen-bond donors (Lipinski definition) is 1. The number of halogens is 1. The molecule has 0 radical (unpaired) electrons. The van der Waals surface area contributed by atoms with Gasteiger partial charge in [-0.2, -0.15) is 0 Å². The number of carbonyl (C=O) groups excluding carboxylic acids is 2. The fourth-order valence-electron chi connectivity index (χ4n) is 5.93. The Labute approximate surface area is 176 Å². The van der Waals surface area contributed by atoms with Crippen molar-refractivity contribution in [3.05, 3.63) is 22.7 Å². The van der Waals surface area contributed by atoms with Crippen LogP contribution in [0, 0.1) is 17.8 Å². The molecule has 0 unspecified atom stereocenters. The second kappa shape index (κ2) is 8.05. The number of nitrogens with one attached hydrogen (secondary N) is 1. The maximum atomic E-state index is 12.5. The van der Waals surface area contributed by atoms with Gasteiger partial charge in [-0.25, -0.2) is 4.79 Å². The molecule has 5 rings (SSSR count). The molecule has 0 aromatic heterocycles. The summed E-state index contributed by atoms with van der Waals surface area (Å²) < 4.78 is 16.0. The van der Waals surface area contributed by atoms with E-state index >= 15 is 0 Å². The van der Waals surface area contributed by atoms with E-state index in [-0.39, 0.29) is 28.6 Å². The Morgan fingerprint density at radius 1 is 1.14 bits per heavy atom. The summed E-state index contributed by atoms with van der Waals surface area (Å²) in [6.45, 7) is 1.96. The Morgan fingerprint density at radius 2 is 1.76 bits per heavy atom. The molecular formula is C22H28ClNO5. The summed E-state index contributed by atoms with van der Waals surface area (Å²) in [5.41, 5.74) is 0.127. The number of rotatable bonds is 7. The van der Waals surface area contributed by atoms with Gasteiger partial charge in [0.2, 0.25) is 0 Å². The van der Waals surface area contributed by atoms with Gasteiger partial charge in [-0.1, -0.05) is 11.6 Å². The summed E-state index contributed by atoms with van der Waals surface area (Å²) >= 11 is 6.21. The largest absolute Gasteiger partial charge is 0.493 e. The van der Waals surface area contributed by atoms with Crippen molar-refractivity contribution in [2.24, 2.45) is 17.8 Å². The van der Waals surface area contributed by atoms with Gasteiger partial charge in [-0.05, 0) is 75.3 Å². The highest BCUT2D eigenvalue weighted by Gasteiger charge is 2.51. The maximum Gasteiger partial charge on any atom is 0.338 e. The number of benzene rings is 1. The van der Waals surface area contributed by atoms with Gasteiger partial charge in [0.1, 0.15) is 0 Å². The van der Waals surface area contributed by atoms with Gasteiger partial charge in [0.05, 0.1) is 24.3 Å². The number of methoxy groups -OCH3 is 1. The fourth-order valence-corrected chi connectivity index (χ4v) is 6.20. The lowest BCUT2D eigenvalue weighted by atomic mass is 9.53. The summed E-state index contributed by atoms with van der Waals surface area (Å²) in [4.78, 5) is 25.0. The SMILES string of the molecule is CCOc1c(Cl)cc(C(=O)OCC(=O)NC23CC4CC(CC(C4)C2)C3)cc1OC. The second-order valence-electron chi connectivity index (χ2n) is 8.74. The van der Waals surface area contributed by atoms with E-state index in [0.29, 0.717) is 18.1 Å². The Hall–Kier alpha value is -1.95. The highest BCUT2D eigenvalue weighted by atomic mass is 35.5. The van der Waals surface area contributed by atoms with Crippen LogP contribution in [0.15, 0.2) is 12.1 Å². The molecule has 0 aliphatic heterocycles. The molecule has 4 fully saturated rings. The van der Waals surface area contributed by atoms with E-state index in [1.54, 1.807) is 0 Å². The zero-order chi connectivity index (χ0) is 20.6. The molecule has 6 nitrogen and oxygen atoms in total. The molecule has 4 bridgehead atoms. The summed E-state index contributed by atoms with van der Waals surface area (Å²) in [6.07, 6.45) is 7.11. The van der Waals surface area contributed by atoms with Crippen molar-refractivity contribution in [3.8, 4) is 11.5 Å². The lowest BCUT2D eigenvalue weighted by Gasteiger charge is -2.56. The summed E-state index contributed by atoms with van der Waals surface area (Å²) in [5, 5.41) is 3.46. The fraction of sp³-hybridized carbons (Fsp3) is 0.636. The first-order valence-corrected chi connectivity index (χ1v) is 10.8. The average molecular weight is 422 g/mol. The van der Waals surface area contributed by atoms with Gasteiger partial charge < -0.3 is 19.5 Å². The predicted molar refractivity (Wildman–Crippen MR) is 109 cm³/mol. The van der Waals surface area contributed by atoms with E-state index in [2.05, 4.69) is 5.32 Å². The number of hydrogen-bond acceptors (Lipinski definition) is 5. The van der Waals surface area contributed by atoms with Crippen LogP contribution in [0.4, 0.5) is 0 Å². The topological polar surface area (TPSA) is 73.9 Å². The minimum Gasteiger partial charge on any atom is -0.493 e. The molecule has 0 atom stereocenters. The van der Waals surface area contributed by atoms with Gasteiger partial charge in [0.15, 0.2) is 18.1 Å². The van der Waals surface area contributed by atoms with E-state index in [1.165, 1.54) is 38.5 Å². The van der Waals surface area contributed by atoms with Crippen LogP contribution in [-0.4, -0.2) is 37.7 Å². The Kier molecular flexibility index (Phi) is 5.65. The molecule has 0 saturated heterocycles. The minimum atomic E-state index is -0.617. The molecule has 1 amide bonds. The Bertz CT molecular complexity index is 773. The normalized spacial score (nSPS) is 29.4. The van der Waals surface area contributed by atoms with Crippen LogP contribution < -0.4 is 14.8 Å². The van der Waals surface area contributed by atoms with Crippen LogP contribution in [0.1, 0.15) is 55.8 Å². The highest BCUT2D eigenvalue weighted by molar-refractivity contribution is 6.32.